The van der Waals surface area contributed by atoms with Crippen LogP contribution in [0.2, 0.25) is 0 Å². The summed E-state index contributed by atoms with van der Waals surface area (Å²) in [5.41, 5.74) is 0.0963. The lowest BCUT2D eigenvalue weighted by molar-refractivity contribution is -0.137. The first-order chi connectivity index (χ1) is 11.0. The second-order valence-corrected chi connectivity index (χ2v) is 5.35. The molecule has 1 amide bonds. The van der Waals surface area contributed by atoms with E-state index in [9.17, 15) is 14.0 Å². The van der Waals surface area contributed by atoms with Gasteiger partial charge in [-0.3, -0.25) is 9.59 Å². The lowest BCUT2D eigenvalue weighted by atomic mass is 10.1. The summed E-state index contributed by atoms with van der Waals surface area (Å²) < 4.78 is 24.4. The van der Waals surface area contributed by atoms with Crippen LogP contribution in [0.5, 0.6) is 5.75 Å². The number of carboxylic acids is 1. The van der Waals surface area contributed by atoms with Crippen LogP contribution in [0.1, 0.15) is 30.1 Å². The maximum Gasteiger partial charge on any atom is 0.305 e. The molecule has 0 radical (unpaired) electrons. The number of para-hydroxylation sites is 1. The molecule has 1 aromatic carbocycles. The Hall–Kier alpha value is -2.15. The number of carbonyl (C=O) groups excluding carboxylic acids is 1. The third kappa shape index (κ3) is 3.79. The van der Waals surface area contributed by atoms with Crippen LogP contribution >= 0.6 is 0 Å². The van der Waals surface area contributed by atoms with E-state index in [1.165, 1.54) is 30.2 Å². The molecule has 23 heavy (non-hydrogen) atoms. The number of nitrogens with zero attached hydrogens (tertiary/aromatic N) is 1. The number of rotatable bonds is 6. The number of methoxy groups -OCH3 is 1. The second-order valence-electron chi connectivity index (χ2n) is 5.35. The first kappa shape index (κ1) is 17.2. The summed E-state index contributed by atoms with van der Waals surface area (Å²) in [6.45, 7) is 2.19. The van der Waals surface area contributed by atoms with Crippen molar-refractivity contribution in [2.75, 3.05) is 20.3 Å². The molecule has 1 saturated heterocycles. The van der Waals surface area contributed by atoms with Crippen molar-refractivity contribution in [1.82, 2.24) is 4.90 Å². The van der Waals surface area contributed by atoms with Crippen molar-refractivity contribution >= 4 is 11.9 Å². The minimum absolute atomic E-state index is 0.0963. The number of carbonyl (C=O) groups is 2. The molecule has 2 atom stereocenters. The number of benzene rings is 1. The van der Waals surface area contributed by atoms with Crippen molar-refractivity contribution in [3.05, 3.63) is 29.6 Å². The smallest absolute Gasteiger partial charge is 0.305 e. The number of amides is 1. The van der Waals surface area contributed by atoms with Crippen LogP contribution in [0.15, 0.2) is 18.2 Å². The van der Waals surface area contributed by atoms with Gasteiger partial charge in [-0.25, -0.2) is 4.39 Å². The van der Waals surface area contributed by atoms with E-state index in [1.54, 1.807) is 6.92 Å². The van der Waals surface area contributed by atoms with Gasteiger partial charge in [0.05, 0.1) is 24.7 Å². The fourth-order valence-electron chi connectivity index (χ4n) is 2.81. The molecule has 2 unspecified atom stereocenters. The van der Waals surface area contributed by atoms with Crippen molar-refractivity contribution in [3.63, 3.8) is 0 Å². The van der Waals surface area contributed by atoms with E-state index < -0.39 is 23.7 Å². The Morgan fingerprint density at radius 1 is 1.43 bits per heavy atom. The Balaban J connectivity index is 2.30. The Bertz CT molecular complexity index is 592. The van der Waals surface area contributed by atoms with Gasteiger partial charge in [0.15, 0.2) is 11.6 Å². The Morgan fingerprint density at radius 2 is 2.17 bits per heavy atom. The van der Waals surface area contributed by atoms with Gasteiger partial charge in [-0.05, 0) is 25.5 Å². The van der Waals surface area contributed by atoms with Gasteiger partial charge in [0, 0.05) is 19.7 Å². The Morgan fingerprint density at radius 3 is 2.78 bits per heavy atom. The average molecular weight is 325 g/mol. The van der Waals surface area contributed by atoms with Crippen LogP contribution in [0.4, 0.5) is 4.39 Å². The van der Waals surface area contributed by atoms with E-state index in [1.807, 2.05) is 0 Å². The van der Waals surface area contributed by atoms with Gasteiger partial charge in [0.25, 0.3) is 5.91 Å². The van der Waals surface area contributed by atoms with E-state index >= 15 is 0 Å². The minimum Gasteiger partial charge on any atom is -0.490 e. The zero-order chi connectivity index (χ0) is 17.0. The first-order valence-electron chi connectivity index (χ1n) is 7.44. The number of likely N-dealkylation sites (tertiary alicyclic amines) is 1. The van der Waals surface area contributed by atoms with Gasteiger partial charge in [-0.2, -0.15) is 0 Å². The van der Waals surface area contributed by atoms with E-state index in [-0.39, 0.29) is 37.0 Å². The normalized spacial score (nSPS) is 20.6. The van der Waals surface area contributed by atoms with E-state index in [0.717, 1.165) is 0 Å². The topological polar surface area (TPSA) is 76.1 Å². The van der Waals surface area contributed by atoms with Gasteiger partial charge >= 0.3 is 5.97 Å². The van der Waals surface area contributed by atoms with Crippen LogP contribution in [0.25, 0.3) is 0 Å². The fraction of sp³-hybridized carbons (Fsp3) is 0.500. The lowest BCUT2D eigenvalue weighted by Crippen LogP contribution is -2.37. The van der Waals surface area contributed by atoms with Crippen LogP contribution < -0.4 is 4.74 Å². The summed E-state index contributed by atoms with van der Waals surface area (Å²) >= 11 is 0. The largest absolute Gasteiger partial charge is 0.490 e. The quantitative estimate of drug-likeness (QED) is 0.865. The summed E-state index contributed by atoms with van der Waals surface area (Å²) in [7, 11) is 1.52. The number of ether oxygens (including phenoxy) is 2. The van der Waals surface area contributed by atoms with Crippen molar-refractivity contribution in [2.45, 2.75) is 31.9 Å². The van der Waals surface area contributed by atoms with Crippen molar-refractivity contribution in [3.8, 4) is 5.75 Å². The summed E-state index contributed by atoms with van der Waals surface area (Å²) in [4.78, 5) is 25.2. The molecule has 1 aliphatic rings. The summed E-state index contributed by atoms with van der Waals surface area (Å²) in [6.07, 6.45) is 0.0334. The van der Waals surface area contributed by atoms with Gasteiger partial charge in [-0.1, -0.05) is 6.07 Å². The van der Waals surface area contributed by atoms with Crippen molar-refractivity contribution in [1.29, 1.82) is 0 Å². The maximum atomic E-state index is 13.9. The number of hydrogen-bond acceptors (Lipinski definition) is 4. The number of aliphatic carboxylic acids is 1. The molecule has 2 rings (SSSR count). The van der Waals surface area contributed by atoms with Gasteiger partial charge < -0.3 is 19.5 Å². The van der Waals surface area contributed by atoms with Crippen molar-refractivity contribution in [2.24, 2.45) is 0 Å². The first-order valence-corrected chi connectivity index (χ1v) is 7.44. The molecule has 0 aliphatic carbocycles. The van der Waals surface area contributed by atoms with Gasteiger partial charge in [0.1, 0.15) is 0 Å². The molecule has 126 valence electrons. The third-order valence-corrected chi connectivity index (χ3v) is 3.87. The number of halogens is 1. The summed E-state index contributed by atoms with van der Waals surface area (Å²) in [5.74, 6) is -2.16. The van der Waals surface area contributed by atoms with E-state index in [2.05, 4.69) is 0 Å². The second kappa shape index (κ2) is 7.41. The third-order valence-electron chi connectivity index (χ3n) is 3.87. The molecule has 7 heteroatoms. The highest BCUT2D eigenvalue weighted by atomic mass is 19.1. The molecule has 0 aromatic heterocycles. The lowest BCUT2D eigenvalue weighted by Gasteiger charge is -2.24. The van der Waals surface area contributed by atoms with Crippen LogP contribution in [0.3, 0.4) is 0 Å². The molecule has 1 N–H and O–H groups in total. The Labute approximate surface area is 133 Å². The molecule has 0 bridgehead atoms. The van der Waals surface area contributed by atoms with Crippen LogP contribution in [-0.2, 0) is 9.53 Å². The SMILES string of the molecule is CCOc1c(F)cccc1C(=O)N1CC(OC)CC1CC(=O)O. The minimum atomic E-state index is -0.992. The number of hydrogen-bond donors (Lipinski definition) is 1. The van der Waals surface area contributed by atoms with Gasteiger partial charge in [-0.15, -0.1) is 0 Å². The zero-order valence-corrected chi connectivity index (χ0v) is 13.1. The van der Waals surface area contributed by atoms with Crippen molar-refractivity contribution < 1.29 is 28.6 Å². The zero-order valence-electron chi connectivity index (χ0n) is 13.1. The molecular weight excluding hydrogens is 305 g/mol. The molecular formula is C16H20FNO5. The predicted octanol–water partition coefficient (Wildman–Crippen LogP) is 1.93. The van der Waals surface area contributed by atoms with E-state index in [4.69, 9.17) is 14.6 Å². The predicted molar refractivity (Wildman–Crippen MR) is 80.1 cm³/mol. The van der Waals surface area contributed by atoms with Crippen LogP contribution in [-0.4, -0.2) is 54.3 Å². The molecule has 0 spiro atoms. The molecule has 1 aromatic rings. The highest BCUT2D eigenvalue weighted by Gasteiger charge is 2.38. The molecule has 1 heterocycles. The highest BCUT2D eigenvalue weighted by Crippen LogP contribution is 2.29. The highest BCUT2D eigenvalue weighted by molar-refractivity contribution is 5.97. The molecule has 1 aliphatic heterocycles. The van der Waals surface area contributed by atoms with Gasteiger partial charge in [0.2, 0.25) is 0 Å². The molecule has 0 saturated carbocycles. The fourth-order valence-corrected chi connectivity index (χ4v) is 2.81. The monoisotopic (exact) mass is 325 g/mol. The molecule has 6 nitrogen and oxygen atoms in total. The average Bonchev–Trinajstić information content (AvgIpc) is 2.91. The number of carboxylic acid groups (broad SMARTS) is 1. The summed E-state index contributed by atoms with van der Waals surface area (Å²) in [5, 5.41) is 9.02. The molecule has 1 fully saturated rings. The Kier molecular flexibility index (Phi) is 5.54. The maximum absolute atomic E-state index is 13.9. The van der Waals surface area contributed by atoms with Crippen LogP contribution in [0, 0.1) is 5.82 Å². The summed E-state index contributed by atoms with van der Waals surface area (Å²) in [6, 6.07) is 3.65. The standard InChI is InChI=1S/C16H20FNO5/c1-3-23-15-12(5-4-6-13(15)17)16(21)18-9-11(22-2)7-10(18)8-14(19)20/h4-6,10-11H,3,7-9H2,1-2H3,(H,19,20). The van der Waals surface area contributed by atoms with E-state index in [0.29, 0.717) is 6.42 Å².